The van der Waals surface area contributed by atoms with Crippen LogP contribution < -0.4 is 14.8 Å². The summed E-state index contributed by atoms with van der Waals surface area (Å²) in [6.07, 6.45) is -4.56. The minimum atomic E-state index is -4.56. The van der Waals surface area contributed by atoms with Gasteiger partial charge in [0.05, 0.1) is 16.9 Å². The van der Waals surface area contributed by atoms with E-state index in [-0.39, 0.29) is 23.9 Å². The Hall–Kier alpha value is -3.49. The predicted molar refractivity (Wildman–Crippen MR) is 93.8 cm³/mol. The fourth-order valence-corrected chi connectivity index (χ4v) is 2.90. The van der Waals surface area contributed by atoms with Gasteiger partial charge < -0.3 is 14.8 Å². The van der Waals surface area contributed by atoms with E-state index in [1.54, 1.807) is 19.1 Å². The number of benzene rings is 2. The number of carbonyl (C=O) groups is 1. The number of nitrogens with zero attached hydrogens (tertiary/aromatic N) is 2. The topological polar surface area (TPSA) is 65.4 Å². The lowest BCUT2D eigenvalue weighted by atomic mass is 10.1. The zero-order valence-corrected chi connectivity index (χ0v) is 14.6. The molecule has 1 aromatic heterocycles. The van der Waals surface area contributed by atoms with E-state index in [4.69, 9.17) is 9.47 Å². The Bertz CT molecular complexity index is 1060. The second-order valence-electron chi connectivity index (χ2n) is 6.12. The van der Waals surface area contributed by atoms with Crippen LogP contribution in [0.5, 0.6) is 11.5 Å². The molecule has 3 aromatic rings. The zero-order chi connectivity index (χ0) is 19.9. The number of aromatic nitrogens is 2. The van der Waals surface area contributed by atoms with E-state index in [0.29, 0.717) is 17.2 Å². The Labute approximate surface area is 157 Å². The number of amides is 1. The van der Waals surface area contributed by atoms with Crippen molar-refractivity contribution in [2.45, 2.75) is 13.1 Å². The van der Waals surface area contributed by atoms with Crippen molar-refractivity contribution in [3.63, 3.8) is 0 Å². The van der Waals surface area contributed by atoms with Gasteiger partial charge in [-0.25, -0.2) is 4.68 Å². The molecule has 0 fully saturated rings. The molecule has 0 unspecified atom stereocenters. The number of anilines is 1. The zero-order valence-electron chi connectivity index (χ0n) is 14.6. The van der Waals surface area contributed by atoms with Crippen LogP contribution in [0, 0.1) is 6.92 Å². The largest absolute Gasteiger partial charge is 0.454 e. The Morgan fingerprint density at radius 2 is 1.86 bits per heavy atom. The molecule has 1 aliphatic rings. The predicted octanol–water partition coefficient (Wildman–Crippen LogP) is 4.18. The molecule has 0 atom stereocenters. The van der Waals surface area contributed by atoms with Crippen LogP contribution in [-0.4, -0.2) is 22.5 Å². The molecule has 1 N–H and O–H groups in total. The van der Waals surface area contributed by atoms with Crippen LogP contribution in [0.1, 0.15) is 21.6 Å². The van der Waals surface area contributed by atoms with Crippen LogP contribution in [0.3, 0.4) is 0 Å². The summed E-state index contributed by atoms with van der Waals surface area (Å²) in [7, 11) is 0. The van der Waals surface area contributed by atoms with Crippen molar-refractivity contribution in [1.29, 1.82) is 0 Å². The maximum absolute atomic E-state index is 13.4. The van der Waals surface area contributed by atoms with Gasteiger partial charge in [0.15, 0.2) is 11.5 Å². The monoisotopic (exact) mass is 389 g/mol. The van der Waals surface area contributed by atoms with Gasteiger partial charge in [0, 0.05) is 11.6 Å². The number of alkyl halides is 3. The molecule has 144 valence electrons. The number of carbonyl (C=O) groups excluding carboxylic acids is 1. The highest BCUT2D eigenvalue weighted by atomic mass is 19.4. The van der Waals surface area contributed by atoms with Crippen LogP contribution in [0.25, 0.3) is 5.69 Å². The number of para-hydroxylation sites is 1. The number of nitrogens with one attached hydrogen (secondary N) is 1. The maximum Gasteiger partial charge on any atom is 0.418 e. The second-order valence-corrected chi connectivity index (χ2v) is 6.12. The number of rotatable bonds is 3. The van der Waals surface area contributed by atoms with E-state index in [0.717, 1.165) is 10.7 Å². The summed E-state index contributed by atoms with van der Waals surface area (Å²) < 4.78 is 51.6. The maximum atomic E-state index is 13.4. The number of hydrogen-bond acceptors (Lipinski definition) is 4. The van der Waals surface area contributed by atoms with Gasteiger partial charge in [-0.3, -0.25) is 4.79 Å². The lowest BCUT2D eigenvalue weighted by molar-refractivity contribution is -0.137. The molecule has 1 amide bonds. The molecular weight excluding hydrogens is 375 g/mol. The minimum absolute atomic E-state index is 0.0700. The van der Waals surface area contributed by atoms with Gasteiger partial charge in [-0.15, -0.1) is 0 Å². The number of ether oxygens (including phenoxy) is 2. The van der Waals surface area contributed by atoms with Gasteiger partial charge in [-0.1, -0.05) is 12.1 Å². The van der Waals surface area contributed by atoms with E-state index in [2.05, 4.69) is 10.4 Å². The second kappa shape index (κ2) is 6.59. The Balaban J connectivity index is 1.69. The lowest BCUT2D eigenvalue weighted by Crippen LogP contribution is -2.17. The number of aryl methyl sites for hydroxylation is 1. The van der Waals surface area contributed by atoms with Crippen molar-refractivity contribution < 1.29 is 27.4 Å². The highest BCUT2D eigenvalue weighted by molar-refractivity contribution is 6.04. The number of fused-ring (bicyclic) bond motifs is 1. The summed E-state index contributed by atoms with van der Waals surface area (Å²) in [5, 5.41) is 6.73. The normalized spacial score (nSPS) is 12.9. The summed E-state index contributed by atoms with van der Waals surface area (Å²) >= 11 is 0. The van der Waals surface area contributed by atoms with Crippen molar-refractivity contribution >= 4 is 11.7 Å². The van der Waals surface area contributed by atoms with Crippen LogP contribution in [0.2, 0.25) is 0 Å². The minimum Gasteiger partial charge on any atom is -0.454 e. The fourth-order valence-electron chi connectivity index (χ4n) is 2.90. The molecule has 0 spiro atoms. The van der Waals surface area contributed by atoms with Crippen molar-refractivity contribution in [3.8, 4) is 17.2 Å². The van der Waals surface area contributed by atoms with E-state index in [1.807, 2.05) is 0 Å². The van der Waals surface area contributed by atoms with Crippen molar-refractivity contribution in [1.82, 2.24) is 9.78 Å². The average Bonchev–Trinajstić information content (AvgIpc) is 3.26. The van der Waals surface area contributed by atoms with Crippen molar-refractivity contribution in [3.05, 3.63) is 65.4 Å². The van der Waals surface area contributed by atoms with Gasteiger partial charge in [-0.2, -0.15) is 18.3 Å². The molecule has 6 nitrogen and oxygen atoms in total. The molecule has 0 radical (unpaired) electrons. The molecule has 9 heteroatoms. The van der Waals surface area contributed by atoms with Gasteiger partial charge >= 0.3 is 6.18 Å². The van der Waals surface area contributed by atoms with E-state index < -0.39 is 17.6 Å². The summed E-state index contributed by atoms with van der Waals surface area (Å²) in [5.74, 6) is 0.567. The van der Waals surface area contributed by atoms with Gasteiger partial charge in [0.2, 0.25) is 6.79 Å². The molecule has 28 heavy (non-hydrogen) atoms. The number of halogens is 3. The summed E-state index contributed by atoms with van der Waals surface area (Å²) in [6, 6.07) is 11.2. The smallest absolute Gasteiger partial charge is 0.418 e. The SMILES string of the molecule is Cc1cc(NC(=O)c2ccc3c(c2)OCO3)n(-c2ccccc2C(F)(F)F)n1. The molecule has 0 bridgehead atoms. The Kier molecular flexibility index (Phi) is 4.21. The summed E-state index contributed by atoms with van der Waals surface area (Å²) in [5.41, 5.74) is -0.294. The first-order chi connectivity index (χ1) is 13.3. The molecule has 4 rings (SSSR count). The van der Waals surface area contributed by atoms with Crippen LogP contribution in [-0.2, 0) is 6.18 Å². The first-order valence-electron chi connectivity index (χ1n) is 8.27. The third-order valence-corrected chi connectivity index (χ3v) is 4.15. The van der Waals surface area contributed by atoms with Crippen molar-refractivity contribution in [2.75, 3.05) is 12.1 Å². The highest BCUT2D eigenvalue weighted by Gasteiger charge is 2.34. The fraction of sp³-hybridized carbons (Fsp3) is 0.158. The van der Waals surface area contributed by atoms with E-state index in [1.165, 1.54) is 30.3 Å². The van der Waals surface area contributed by atoms with E-state index >= 15 is 0 Å². The Morgan fingerprint density at radius 3 is 2.64 bits per heavy atom. The highest BCUT2D eigenvalue weighted by Crippen LogP contribution is 2.35. The summed E-state index contributed by atoms with van der Waals surface area (Å²) in [4.78, 5) is 12.6. The molecule has 1 aliphatic heterocycles. The first-order valence-corrected chi connectivity index (χ1v) is 8.27. The summed E-state index contributed by atoms with van der Waals surface area (Å²) in [6.45, 7) is 1.70. The Morgan fingerprint density at radius 1 is 1.11 bits per heavy atom. The number of hydrogen-bond donors (Lipinski definition) is 1. The average molecular weight is 389 g/mol. The van der Waals surface area contributed by atoms with Crippen LogP contribution in [0.4, 0.5) is 19.0 Å². The third kappa shape index (κ3) is 3.26. The van der Waals surface area contributed by atoms with E-state index in [9.17, 15) is 18.0 Å². The van der Waals surface area contributed by atoms with Crippen molar-refractivity contribution in [2.24, 2.45) is 0 Å². The van der Waals surface area contributed by atoms with Gasteiger partial charge in [0.1, 0.15) is 5.82 Å². The third-order valence-electron chi connectivity index (χ3n) is 4.15. The molecule has 0 saturated carbocycles. The molecule has 0 aliphatic carbocycles. The quantitative estimate of drug-likeness (QED) is 0.730. The first kappa shape index (κ1) is 17.9. The molecule has 0 saturated heterocycles. The molecule has 2 aromatic carbocycles. The molecule has 2 heterocycles. The van der Waals surface area contributed by atoms with Gasteiger partial charge in [0.25, 0.3) is 5.91 Å². The molecular formula is C19H14F3N3O3. The standard InChI is InChI=1S/C19H14F3N3O3/c1-11-8-17(23-18(26)12-6-7-15-16(9-12)28-10-27-15)25(24-11)14-5-3-2-4-13(14)19(20,21)22/h2-9H,10H2,1H3,(H,23,26). The van der Waals surface area contributed by atoms with Crippen LogP contribution >= 0.6 is 0 Å². The van der Waals surface area contributed by atoms with Gasteiger partial charge in [-0.05, 0) is 37.3 Å². The van der Waals surface area contributed by atoms with Crippen LogP contribution in [0.15, 0.2) is 48.5 Å². The lowest BCUT2D eigenvalue weighted by Gasteiger charge is -2.15.